The third kappa shape index (κ3) is 2.20. The van der Waals surface area contributed by atoms with Gasteiger partial charge in [0, 0.05) is 19.3 Å². The van der Waals surface area contributed by atoms with Gasteiger partial charge in [-0.25, -0.2) is 4.52 Å². The van der Waals surface area contributed by atoms with Crippen molar-refractivity contribution in [2.75, 3.05) is 18.4 Å². The minimum Gasteiger partial charge on any atom is -0.310 e. The zero-order valence-electron chi connectivity index (χ0n) is 10.2. The van der Waals surface area contributed by atoms with Crippen LogP contribution in [0.3, 0.4) is 0 Å². The van der Waals surface area contributed by atoms with Gasteiger partial charge in [-0.15, -0.1) is 5.10 Å². The lowest BCUT2D eigenvalue weighted by Crippen LogP contribution is -2.25. The second-order valence-electron chi connectivity index (χ2n) is 4.46. The van der Waals surface area contributed by atoms with E-state index in [4.69, 9.17) is 5.26 Å². The molecule has 1 N–H and O–H groups in total. The summed E-state index contributed by atoms with van der Waals surface area (Å²) >= 11 is 0. The molecule has 0 saturated carbocycles. The largest absolute Gasteiger partial charge is 0.310 e. The predicted molar refractivity (Wildman–Crippen MR) is 66.9 cm³/mol. The summed E-state index contributed by atoms with van der Waals surface area (Å²) in [6.45, 7) is 1.10. The van der Waals surface area contributed by atoms with E-state index in [0.717, 1.165) is 0 Å². The Balaban J connectivity index is 1.71. The van der Waals surface area contributed by atoms with Gasteiger partial charge >= 0.3 is 0 Å². The van der Waals surface area contributed by atoms with E-state index in [2.05, 4.69) is 21.6 Å². The van der Waals surface area contributed by atoms with Gasteiger partial charge in [0.15, 0.2) is 11.8 Å². The van der Waals surface area contributed by atoms with Crippen molar-refractivity contribution in [3.63, 3.8) is 0 Å². The maximum Gasteiger partial charge on any atom is 0.249 e. The number of amides is 1. The molecule has 0 unspecified atom stereocenters. The first kappa shape index (κ1) is 11.5. The number of carbonyl (C=O) groups excluding carboxylic acids is 1. The van der Waals surface area contributed by atoms with Crippen LogP contribution in [0.5, 0.6) is 0 Å². The molecule has 0 bridgehead atoms. The van der Waals surface area contributed by atoms with E-state index in [1.54, 1.807) is 15.6 Å². The van der Waals surface area contributed by atoms with Crippen LogP contribution in [0.25, 0.3) is 5.65 Å². The van der Waals surface area contributed by atoms with E-state index in [1.807, 2.05) is 18.2 Å². The second kappa shape index (κ2) is 4.57. The summed E-state index contributed by atoms with van der Waals surface area (Å²) in [4.78, 5) is 17.8. The number of nitriles is 1. The molecule has 1 aliphatic heterocycles. The highest BCUT2D eigenvalue weighted by molar-refractivity contribution is 5.91. The molecule has 19 heavy (non-hydrogen) atoms. The predicted octanol–water partition coefficient (Wildman–Crippen LogP) is 0.471. The molecule has 1 atom stereocenters. The van der Waals surface area contributed by atoms with Crippen molar-refractivity contribution in [3.05, 3.63) is 24.4 Å². The second-order valence-corrected chi connectivity index (χ2v) is 4.46. The minimum atomic E-state index is -0.175. The quantitative estimate of drug-likeness (QED) is 0.789. The molecule has 2 aromatic heterocycles. The van der Waals surface area contributed by atoms with Crippen LogP contribution in [0.1, 0.15) is 6.42 Å². The van der Waals surface area contributed by atoms with E-state index in [9.17, 15) is 4.79 Å². The smallest absolute Gasteiger partial charge is 0.249 e. The standard InChI is InChI=1S/C12H12N6O/c13-8-17-6-4-9(7-17)11(19)15-12-14-10-3-1-2-5-18(10)16-12/h1-3,5,9H,4,6-7H2,(H,15,16,19)/t9-/m0/s1. The van der Waals surface area contributed by atoms with Crippen molar-refractivity contribution in [1.82, 2.24) is 19.5 Å². The third-order valence-corrected chi connectivity index (χ3v) is 3.18. The van der Waals surface area contributed by atoms with Gasteiger partial charge in [0.2, 0.25) is 11.9 Å². The Morgan fingerprint density at radius 2 is 2.42 bits per heavy atom. The maximum absolute atomic E-state index is 12.0. The molecule has 2 aromatic rings. The van der Waals surface area contributed by atoms with E-state index in [-0.39, 0.29) is 11.8 Å². The third-order valence-electron chi connectivity index (χ3n) is 3.18. The molecule has 0 spiro atoms. The van der Waals surface area contributed by atoms with Gasteiger partial charge in [-0.1, -0.05) is 6.07 Å². The molecule has 1 aliphatic rings. The van der Waals surface area contributed by atoms with Crippen molar-refractivity contribution in [2.24, 2.45) is 5.92 Å². The summed E-state index contributed by atoms with van der Waals surface area (Å²) in [6, 6.07) is 5.52. The minimum absolute atomic E-state index is 0.131. The van der Waals surface area contributed by atoms with Crippen LogP contribution in [0, 0.1) is 17.4 Å². The van der Waals surface area contributed by atoms with Gasteiger partial charge < -0.3 is 4.90 Å². The number of nitrogens with one attached hydrogen (secondary N) is 1. The van der Waals surface area contributed by atoms with Crippen LogP contribution in [0.2, 0.25) is 0 Å². The SMILES string of the molecule is N#CN1CC[C@H](C(=O)Nc2nc3ccccn3n2)C1. The van der Waals surface area contributed by atoms with Crippen LogP contribution < -0.4 is 5.32 Å². The number of hydrogen-bond acceptors (Lipinski definition) is 5. The van der Waals surface area contributed by atoms with Gasteiger partial charge in [0.05, 0.1) is 5.92 Å². The first-order valence-electron chi connectivity index (χ1n) is 6.03. The molecule has 1 fully saturated rings. The molecule has 0 aromatic carbocycles. The number of anilines is 1. The van der Waals surface area contributed by atoms with Gasteiger partial charge in [-0.3, -0.25) is 10.1 Å². The highest BCUT2D eigenvalue weighted by atomic mass is 16.2. The normalized spacial score (nSPS) is 18.5. The molecule has 0 aliphatic carbocycles. The lowest BCUT2D eigenvalue weighted by molar-refractivity contribution is -0.119. The van der Waals surface area contributed by atoms with E-state index in [1.165, 1.54) is 0 Å². The fourth-order valence-electron chi connectivity index (χ4n) is 2.16. The fourth-order valence-corrected chi connectivity index (χ4v) is 2.16. The summed E-state index contributed by atoms with van der Waals surface area (Å²) in [5.74, 6) is -0.00785. The summed E-state index contributed by atoms with van der Waals surface area (Å²) in [5, 5.41) is 15.6. The number of pyridine rings is 1. The van der Waals surface area contributed by atoms with Crippen molar-refractivity contribution in [1.29, 1.82) is 5.26 Å². The van der Waals surface area contributed by atoms with Crippen LogP contribution in [0.15, 0.2) is 24.4 Å². The summed E-state index contributed by atoms with van der Waals surface area (Å²) in [7, 11) is 0. The van der Waals surface area contributed by atoms with Crippen LogP contribution in [0.4, 0.5) is 5.95 Å². The van der Waals surface area contributed by atoms with E-state index in [0.29, 0.717) is 31.1 Å². The Kier molecular flexibility index (Phi) is 2.76. The molecule has 1 saturated heterocycles. The lowest BCUT2D eigenvalue weighted by atomic mass is 10.1. The number of likely N-dealkylation sites (tertiary alicyclic amines) is 1. The molecule has 7 heteroatoms. The number of carbonyl (C=O) groups is 1. The molecule has 1 amide bonds. The molecule has 7 nitrogen and oxygen atoms in total. The Morgan fingerprint density at radius 3 is 3.16 bits per heavy atom. The molecular weight excluding hydrogens is 244 g/mol. The summed E-state index contributed by atoms with van der Waals surface area (Å²) in [6.07, 6.45) is 4.51. The summed E-state index contributed by atoms with van der Waals surface area (Å²) < 4.78 is 1.60. The Morgan fingerprint density at radius 1 is 1.53 bits per heavy atom. The van der Waals surface area contributed by atoms with Gasteiger partial charge in [0.1, 0.15) is 0 Å². The molecule has 96 valence electrons. The first-order valence-corrected chi connectivity index (χ1v) is 6.03. The Labute approximate surface area is 109 Å². The van der Waals surface area contributed by atoms with E-state index < -0.39 is 0 Å². The molecular formula is C12H12N6O. The molecule has 0 radical (unpaired) electrons. The van der Waals surface area contributed by atoms with Gasteiger partial charge in [0.25, 0.3) is 0 Å². The average molecular weight is 256 g/mol. The van der Waals surface area contributed by atoms with Crippen LogP contribution in [-0.2, 0) is 4.79 Å². The van der Waals surface area contributed by atoms with Gasteiger partial charge in [-0.05, 0) is 18.6 Å². The van der Waals surface area contributed by atoms with Crippen LogP contribution in [-0.4, -0.2) is 38.5 Å². The lowest BCUT2D eigenvalue weighted by Gasteiger charge is -2.08. The number of fused-ring (bicyclic) bond motifs is 1. The maximum atomic E-state index is 12.0. The average Bonchev–Trinajstić information content (AvgIpc) is 3.04. The van der Waals surface area contributed by atoms with Gasteiger partial charge in [-0.2, -0.15) is 10.2 Å². The molecule has 3 heterocycles. The van der Waals surface area contributed by atoms with Crippen molar-refractivity contribution in [2.45, 2.75) is 6.42 Å². The number of rotatable bonds is 2. The highest BCUT2D eigenvalue weighted by Gasteiger charge is 2.28. The Hall–Kier alpha value is -2.62. The molecule has 3 rings (SSSR count). The zero-order valence-corrected chi connectivity index (χ0v) is 10.2. The Bertz CT molecular complexity index is 625. The van der Waals surface area contributed by atoms with E-state index >= 15 is 0 Å². The topological polar surface area (TPSA) is 86.3 Å². The monoisotopic (exact) mass is 256 g/mol. The number of aromatic nitrogens is 3. The van der Waals surface area contributed by atoms with Crippen molar-refractivity contribution in [3.8, 4) is 6.19 Å². The van der Waals surface area contributed by atoms with Crippen molar-refractivity contribution < 1.29 is 4.79 Å². The fraction of sp³-hybridized carbons (Fsp3) is 0.333. The first-order chi connectivity index (χ1) is 9.26. The number of hydrogen-bond donors (Lipinski definition) is 1. The summed E-state index contributed by atoms with van der Waals surface area (Å²) in [5.41, 5.74) is 0.683. The van der Waals surface area contributed by atoms with Crippen molar-refractivity contribution >= 4 is 17.5 Å². The highest BCUT2D eigenvalue weighted by Crippen LogP contribution is 2.17. The van der Waals surface area contributed by atoms with Crippen LogP contribution >= 0.6 is 0 Å². The zero-order chi connectivity index (χ0) is 13.2. The number of nitrogens with zero attached hydrogens (tertiary/aromatic N) is 5.